The van der Waals surface area contributed by atoms with E-state index in [0.717, 1.165) is 12.0 Å². The second-order valence-corrected chi connectivity index (χ2v) is 3.03. The number of amides is 2. The van der Waals surface area contributed by atoms with Crippen molar-refractivity contribution in [3.63, 3.8) is 0 Å². The molecule has 1 heterocycles. The van der Waals surface area contributed by atoms with Gasteiger partial charge in [0.2, 0.25) is 0 Å². The fraction of sp³-hybridized carbons (Fsp3) is 0.571. The molecule has 0 radical (unpaired) electrons. The van der Waals surface area contributed by atoms with Crippen molar-refractivity contribution in [1.82, 2.24) is 4.90 Å². The van der Waals surface area contributed by atoms with Crippen LogP contribution in [0.1, 0.15) is 12.8 Å². The Morgan fingerprint density at radius 1 is 1.53 bits per heavy atom. The molecule has 1 rings (SSSR count). The zero-order valence-electron chi connectivity index (χ0n) is 7.79. The molecule has 0 aromatic carbocycles. The Labute approximate surface area is 85.6 Å². The van der Waals surface area contributed by atoms with Crippen molar-refractivity contribution in [1.29, 1.82) is 0 Å². The van der Waals surface area contributed by atoms with Crippen molar-refractivity contribution in [3.05, 3.63) is 0 Å². The van der Waals surface area contributed by atoms with E-state index in [-0.39, 0.29) is 25.2 Å². The molecule has 2 N–H and O–H groups in total. The van der Waals surface area contributed by atoms with Crippen LogP contribution in [0.15, 0.2) is 4.90 Å². The van der Waals surface area contributed by atoms with Crippen molar-refractivity contribution in [2.75, 3.05) is 6.44 Å². The van der Waals surface area contributed by atoms with Gasteiger partial charge in [-0.15, -0.1) is 0 Å². The van der Waals surface area contributed by atoms with Crippen molar-refractivity contribution in [2.45, 2.75) is 18.9 Å². The zero-order chi connectivity index (χ0) is 11.4. The number of likely N-dealkylation sites (tertiary alicyclic amines) is 1. The van der Waals surface area contributed by atoms with Gasteiger partial charge >= 0.3 is 84.8 Å². The topological polar surface area (TPSA) is 107 Å². The molecule has 7 nitrogen and oxygen atoms in total. The Balaban J connectivity index is 2.61. The molecule has 1 fully saturated rings. The normalized spacial score (nSPS) is 20.7. The van der Waals surface area contributed by atoms with E-state index in [4.69, 9.17) is 10.2 Å². The molecule has 8 heteroatoms. The molecule has 0 aromatic heterocycles. The summed E-state index contributed by atoms with van der Waals surface area (Å²) in [6.45, 7) is 0. The van der Waals surface area contributed by atoms with Crippen molar-refractivity contribution in [2.24, 2.45) is 4.90 Å². The number of carbonyl (C=O) groups is 3. The molecule has 1 saturated heterocycles. The molecule has 2 amide bonds. The van der Waals surface area contributed by atoms with Gasteiger partial charge in [0.25, 0.3) is 0 Å². The number of nitrogens with zero attached hydrogens (tertiary/aromatic N) is 2. The molecule has 1 atom stereocenters. The van der Waals surface area contributed by atoms with E-state index in [1.165, 1.54) is 0 Å². The Hall–Kier alpha value is -1.73. The minimum atomic E-state index is -1.37. The van der Waals surface area contributed by atoms with Crippen LogP contribution in [0, 0.1) is 0 Å². The van der Waals surface area contributed by atoms with Crippen molar-refractivity contribution in [3.8, 4) is 0 Å². The third-order valence-corrected chi connectivity index (χ3v) is 2.09. The monoisotopic (exact) mass is 212 g/mol. The number of carboxylic acids is 1. The number of aliphatic carboxylic acids is 1. The van der Waals surface area contributed by atoms with E-state index in [1.54, 1.807) is 0 Å². The fourth-order valence-electron chi connectivity index (χ4n) is 1.43. The van der Waals surface area contributed by atoms with Crippen LogP contribution in [0.3, 0.4) is 0 Å². The molecule has 0 aromatic rings. The fourth-order valence-corrected chi connectivity index (χ4v) is 1.43. The van der Waals surface area contributed by atoms with Crippen LogP contribution in [-0.2, 0) is 9.59 Å². The Morgan fingerprint density at radius 2 is 2.20 bits per heavy atom. The summed E-state index contributed by atoms with van der Waals surface area (Å²) in [6.07, 6.45) is -1.01. The first-order valence-corrected chi connectivity index (χ1v) is 4.30. The molecule has 0 spiro atoms. The molecular weight excluding hydrogens is 203 g/mol. The average Bonchev–Trinajstić information content (AvgIpc) is 2.47. The SMILES string of the molecule is O=C(O)N=BCN1C(=O)CCC1C(=O)O. The van der Waals surface area contributed by atoms with Crippen LogP contribution in [0.2, 0.25) is 0 Å². The Bertz CT molecular complexity index is 329. The molecule has 1 aliphatic rings. The molecule has 1 aliphatic heterocycles. The summed E-state index contributed by atoms with van der Waals surface area (Å²) in [4.78, 5) is 36.1. The van der Waals surface area contributed by atoms with Gasteiger partial charge in [0.05, 0.1) is 0 Å². The number of carboxylic acid groups (broad SMARTS) is 2. The number of hydrogen-bond donors (Lipinski definition) is 2. The number of carbonyl (C=O) groups excluding carboxylic acids is 1. The van der Waals surface area contributed by atoms with E-state index in [1.807, 2.05) is 0 Å². The van der Waals surface area contributed by atoms with Crippen LogP contribution < -0.4 is 0 Å². The maximum absolute atomic E-state index is 11.2. The van der Waals surface area contributed by atoms with E-state index in [0.29, 0.717) is 0 Å². The minimum absolute atomic E-state index is 0.0812. The zero-order valence-corrected chi connectivity index (χ0v) is 7.79. The molecule has 15 heavy (non-hydrogen) atoms. The third-order valence-electron chi connectivity index (χ3n) is 2.09. The van der Waals surface area contributed by atoms with Gasteiger partial charge in [0.15, 0.2) is 0 Å². The first kappa shape index (κ1) is 11.4. The summed E-state index contributed by atoms with van der Waals surface area (Å²) in [5.41, 5.74) is 0. The number of rotatable bonds is 3. The van der Waals surface area contributed by atoms with Crippen LogP contribution in [0.25, 0.3) is 0 Å². The van der Waals surface area contributed by atoms with Crippen molar-refractivity contribution >= 4 is 25.0 Å². The predicted molar refractivity (Wildman–Crippen MR) is 48.6 cm³/mol. The van der Waals surface area contributed by atoms with E-state index < -0.39 is 18.1 Å². The third kappa shape index (κ3) is 2.86. The van der Waals surface area contributed by atoms with Gasteiger partial charge in [-0.1, -0.05) is 0 Å². The maximum atomic E-state index is 11.2. The summed E-state index contributed by atoms with van der Waals surface area (Å²) < 4.78 is 0. The van der Waals surface area contributed by atoms with Crippen LogP contribution >= 0.6 is 0 Å². The van der Waals surface area contributed by atoms with Gasteiger partial charge in [-0.3, -0.25) is 0 Å². The van der Waals surface area contributed by atoms with Gasteiger partial charge in [0, 0.05) is 0 Å². The summed E-state index contributed by atoms with van der Waals surface area (Å²) in [5.74, 6) is -1.37. The first-order chi connectivity index (χ1) is 7.02. The standard InChI is InChI=1S/C7H9BN2O5/c11-5-2-1-4(6(12)13)10(5)3-8-9-7(14)15/h4H,1-3H2,(H,12,13)(H,14,15). The van der Waals surface area contributed by atoms with Crippen molar-refractivity contribution < 1.29 is 24.6 Å². The Kier molecular flexibility index (Phi) is 3.54. The predicted octanol–water partition coefficient (Wildman–Crippen LogP) is -0.415. The summed E-state index contributed by atoms with van der Waals surface area (Å²) >= 11 is 0. The molecule has 0 bridgehead atoms. The van der Waals surface area contributed by atoms with E-state index in [2.05, 4.69) is 4.90 Å². The summed E-state index contributed by atoms with van der Waals surface area (Å²) in [6, 6.07) is -0.863. The van der Waals surface area contributed by atoms with Gasteiger partial charge in [0.1, 0.15) is 0 Å². The van der Waals surface area contributed by atoms with Crippen LogP contribution in [0.4, 0.5) is 4.79 Å². The molecule has 0 aliphatic carbocycles. The second-order valence-electron chi connectivity index (χ2n) is 3.03. The summed E-state index contributed by atoms with van der Waals surface area (Å²) in [5, 5.41) is 17.0. The number of hydrogen-bond acceptors (Lipinski definition) is 3. The second kappa shape index (κ2) is 4.67. The van der Waals surface area contributed by atoms with E-state index >= 15 is 0 Å². The molecule has 1 unspecified atom stereocenters. The Morgan fingerprint density at radius 3 is 2.73 bits per heavy atom. The average molecular weight is 212 g/mol. The van der Waals surface area contributed by atoms with Gasteiger partial charge in [-0.25, -0.2) is 0 Å². The first-order valence-electron chi connectivity index (χ1n) is 4.30. The molecule has 0 saturated carbocycles. The van der Waals surface area contributed by atoms with E-state index in [9.17, 15) is 14.4 Å². The molecular formula is C7H9BN2O5. The van der Waals surface area contributed by atoms with Gasteiger partial charge in [-0.05, 0) is 0 Å². The van der Waals surface area contributed by atoms with Crippen LogP contribution in [-0.4, -0.2) is 52.6 Å². The van der Waals surface area contributed by atoms with Crippen LogP contribution in [0.5, 0.6) is 0 Å². The van der Waals surface area contributed by atoms with Gasteiger partial charge < -0.3 is 0 Å². The van der Waals surface area contributed by atoms with Gasteiger partial charge in [-0.2, -0.15) is 0 Å². The summed E-state index contributed by atoms with van der Waals surface area (Å²) in [7, 11) is 1.02. The quantitative estimate of drug-likeness (QED) is 0.618. The molecule has 80 valence electrons.